The Hall–Kier alpha value is -1.84. The Morgan fingerprint density at radius 2 is 2.06 bits per heavy atom. The molecule has 0 amide bonds. The highest BCUT2D eigenvalue weighted by Crippen LogP contribution is 2.27. The molecule has 0 saturated heterocycles. The second-order valence-corrected chi connectivity index (χ2v) is 4.80. The fraction of sp³-hybridized carbons (Fsp3) is 0.333. The normalized spacial score (nSPS) is 11.9. The first-order valence-electron chi connectivity index (χ1n) is 5.03. The summed E-state index contributed by atoms with van der Waals surface area (Å²) < 4.78 is 4.95. The van der Waals surface area contributed by atoms with Crippen molar-refractivity contribution in [1.29, 1.82) is 0 Å². The summed E-state index contributed by atoms with van der Waals surface area (Å²) in [7, 11) is 0. The smallest absolute Gasteiger partial charge is 0.358 e. The lowest BCUT2D eigenvalue weighted by Gasteiger charge is -2.18. The van der Waals surface area contributed by atoms with Gasteiger partial charge in [0.25, 0.3) is 0 Å². The molecule has 0 fully saturated rings. The number of rotatable bonds is 1. The molecule has 1 heterocycles. The monoisotopic (exact) mass is 219 g/mol. The van der Waals surface area contributed by atoms with Gasteiger partial charge in [0.1, 0.15) is 0 Å². The van der Waals surface area contributed by atoms with Crippen LogP contribution in [0.15, 0.2) is 22.7 Å². The number of fused-ring (bicyclic) bond motifs is 1. The molecule has 0 radical (unpaired) electrons. The first kappa shape index (κ1) is 10.7. The SMILES string of the molecule is CC(C)(C)c1ccc2onc(C(=O)O)c2c1. The molecular formula is C12H13NO3. The van der Waals surface area contributed by atoms with Crippen LogP contribution in [0, 0.1) is 0 Å². The summed E-state index contributed by atoms with van der Waals surface area (Å²) in [6.07, 6.45) is 0. The lowest BCUT2D eigenvalue weighted by molar-refractivity contribution is 0.0688. The Morgan fingerprint density at radius 1 is 1.38 bits per heavy atom. The quantitative estimate of drug-likeness (QED) is 0.801. The van der Waals surface area contributed by atoms with Gasteiger partial charge in [0.2, 0.25) is 0 Å². The van der Waals surface area contributed by atoms with Crippen LogP contribution in [0.4, 0.5) is 0 Å². The molecule has 0 unspecified atom stereocenters. The van der Waals surface area contributed by atoms with Crippen molar-refractivity contribution in [1.82, 2.24) is 5.16 Å². The molecule has 1 aromatic heterocycles. The predicted octanol–water partition coefficient (Wildman–Crippen LogP) is 2.82. The fourth-order valence-corrected chi connectivity index (χ4v) is 1.56. The van der Waals surface area contributed by atoms with E-state index in [0.717, 1.165) is 5.56 Å². The van der Waals surface area contributed by atoms with Crippen LogP contribution >= 0.6 is 0 Å². The lowest BCUT2D eigenvalue weighted by atomic mass is 9.86. The van der Waals surface area contributed by atoms with Crippen molar-refractivity contribution in [2.75, 3.05) is 0 Å². The molecule has 0 atom stereocenters. The number of benzene rings is 1. The van der Waals surface area contributed by atoms with E-state index in [2.05, 4.69) is 25.9 Å². The van der Waals surface area contributed by atoms with Crippen molar-refractivity contribution in [2.45, 2.75) is 26.2 Å². The highest BCUT2D eigenvalue weighted by molar-refractivity contribution is 6.00. The minimum Gasteiger partial charge on any atom is -0.476 e. The number of carboxylic acids is 1. The molecule has 0 bridgehead atoms. The molecule has 4 heteroatoms. The topological polar surface area (TPSA) is 63.3 Å². The number of hydrogen-bond acceptors (Lipinski definition) is 3. The van der Waals surface area contributed by atoms with Crippen molar-refractivity contribution in [3.05, 3.63) is 29.5 Å². The Morgan fingerprint density at radius 3 is 2.62 bits per heavy atom. The van der Waals surface area contributed by atoms with Gasteiger partial charge in [-0.1, -0.05) is 32.0 Å². The Labute approximate surface area is 92.9 Å². The minimum absolute atomic E-state index is 0.0266. The van der Waals surface area contributed by atoms with Gasteiger partial charge in [-0.05, 0) is 23.1 Å². The molecule has 2 rings (SSSR count). The third-order valence-electron chi connectivity index (χ3n) is 2.54. The molecule has 84 valence electrons. The number of aromatic carboxylic acids is 1. The van der Waals surface area contributed by atoms with Gasteiger partial charge in [0, 0.05) is 0 Å². The molecule has 1 aromatic carbocycles. The van der Waals surface area contributed by atoms with E-state index in [0.29, 0.717) is 11.0 Å². The standard InChI is InChI=1S/C12H13NO3/c1-12(2,3)7-4-5-9-8(6-7)10(11(14)15)13-16-9/h4-6H,1-3H3,(H,14,15). The van der Waals surface area contributed by atoms with Crippen LogP contribution in [-0.2, 0) is 5.41 Å². The third kappa shape index (κ3) is 1.66. The van der Waals surface area contributed by atoms with Crippen LogP contribution in [0.5, 0.6) is 0 Å². The van der Waals surface area contributed by atoms with E-state index in [1.165, 1.54) is 0 Å². The summed E-state index contributed by atoms with van der Waals surface area (Å²) in [5, 5.41) is 13.0. The zero-order chi connectivity index (χ0) is 11.9. The van der Waals surface area contributed by atoms with E-state index in [9.17, 15) is 4.79 Å². The molecule has 0 aliphatic rings. The molecule has 2 aromatic rings. The third-order valence-corrected chi connectivity index (χ3v) is 2.54. The highest BCUT2D eigenvalue weighted by Gasteiger charge is 2.19. The molecule has 0 saturated carbocycles. The zero-order valence-electron chi connectivity index (χ0n) is 9.44. The van der Waals surface area contributed by atoms with Crippen molar-refractivity contribution in [3.8, 4) is 0 Å². The van der Waals surface area contributed by atoms with E-state index < -0.39 is 5.97 Å². The summed E-state index contributed by atoms with van der Waals surface area (Å²) in [6.45, 7) is 6.21. The van der Waals surface area contributed by atoms with Crippen LogP contribution in [0.1, 0.15) is 36.8 Å². The van der Waals surface area contributed by atoms with Gasteiger partial charge in [-0.15, -0.1) is 0 Å². The van der Waals surface area contributed by atoms with Crippen molar-refractivity contribution < 1.29 is 14.4 Å². The predicted molar refractivity (Wildman–Crippen MR) is 59.7 cm³/mol. The van der Waals surface area contributed by atoms with E-state index in [1.54, 1.807) is 6.07 Å². The van der Waals surface area contributed by atoms with Crippen LogP contribution in [-0.4, -0.2) is 16.2 Å². The Balaban J connectivity index is 2.68. The Bertz CT molecular complexity index is 549. The van der Waals surface area contributed by atoms with E-state index in [1.807, 2.05) is 12.1 Å². The van der Waals surface area contributed by atoms with Gasteiger partial charge >= 0.3 is 5.97 Å². The van der Waals surface area contributed by atoms with Crippen molar-refractivity contribution in [3.63, 3.8) is 0 Å². The van der Waals surface area contributed by atoms with Crippen molar-refractivity contribution in [2.24, 2.45) is 0 Å². The molecule has 0 aliphatic carbocycles. The van der Waals surface area contributed by atoms with Gasteiger partial charge in [-0.25, -0.2) is 4.79 Å². The minimum atomic E-state index is -1.06. The molecule has 4 nitrogen and oxygen atoms in total. The van der Waals surface area contributed by atoms with E-state index in [4.69, 9.17) is 9.63 Å². The summed E-state index contributed by atoms with van der Waals surface area (Å²) in [5.41, 5.74) is 1.51. The van der Waals surface area contributed by atoms with Gasteiger partial charge < -0.3 is 9.63 Å². The zero-order valence-corrected chi connectivity index (χ0v) is 9.44. The molecule has 1 N–H and O–H groups in total. The van der Waals surface area contributed by atoms with E-state index in [-0.39, 0.29) is 11.1 Å². The molecule has 0 aliphatic heterocycles. The second-order valence-electron chi connectivity index (χ2n) is 4.80. The first-order chi connectivity index (χ1) is 7.39. The maximum atomic E-state index is 10.9. The van der Waals surface area contributed by atoms with Gasteiger partial charge in [-0.2, -0.15) is 0 Å². The summed E-state index contributed by atoms with van der Waals surface area (Å²) in [4.78, 5) is 10.9. The van der Waals surface area contributed by atoms with Crippen LogP contribution in [0.25, 0.3) is 11.0 Å². The number of aromatic nitrogens is 1. The second kappa shape index (κ2) is 3.33. The summed E-state index contributed by atoms with van der Waals surface area (Å²) >= 11 is 0. The number of carboxylic acid groups (broad SMARTS) is 1. The fourth-order valence-electron chi connectivity index (χ4n) is 1.56. The highest BCUT2D eigenvalue weighted by atomic mass is 16.5. The molecular weight excluding hydrogens is 206 g/mol. The van der Waals surface area contributed by atoms with Crippen LogP contribution in [0.2, 0.25) is 0 Å². The average Bonchev–Trinajstić information content (AvgIpc) is 2.58. The van der Waals surface area contributed by atoms with Gasteiger partial charge in [0.05, 0.1) is 5.39 Å². The number of hydrogen-bond donors (Lipinski definition) is 1. The van der Waals surface area contributed by atoms with Crippen molar-refractivity contribution >= 4 is 16.9 Å². The lowest BCUT2D eigenvalue weighted by Crippen LogP contribution is -2.10. The largest absolute Gasteiger partial charge is 0.476 e. The summed E-state index contributed by atoms with van der Waals surface area (Å²) in [6, 6.07) is 5.52. The van der Waals surface area contributed by atoms with E-state index >= 15 is 0 Å². The van der Waals surface area contributed by atoms with Crippen LogP contribution < -0.4 is 0 Å². The van der Waals surface area contributed by atoms with Crippen LogP contribution in [0.3, 0.4) is 0 Å². The Kier molecular flexibility index (Phi) is 2.22. The number of nitrogens with zero attached hydrogens (tertiary/aromatic N) is 1. The maximum Gasteiger partial charge on any atom is 0.358 e. The number of carbonyl (C=O) groups is 1. The average molecular weight is 219 g/mol. The molecule has 16 heavy (non-hydrogen) atoms. The van der Waals surface area contributed by atoms with Gasteiger partial charge in [-0.3, -0.25) is 0 Å². The summed E-state index contributed by atoms with van der Waals surface area (Å²) in [5.74, 6) is -1.06. The first-order valence-corrected chi connectivity index (χ1v) is 5.03. The van der Waals surface area contributed by atoms with Gasteiger partial charge in [0.15, 0.2) is 11.3 Å². The maximum absolute atomic E-state index is 10.9. The molecule has 0 spiro atoms.